The number of carboxylic acid groups (broad SMARTS) is 1. The van der Waals surface area contributed by atoms with E-state index in [-0.39, 0.29) is 18.7 Å². The Morgan fingerprint density at radius 2 is 1.76 bits per heavy atom. The lowest BCUT2D eigenvalue weighted by atomic mass is 10.2. The molecule has 0 aliphatic rings. The molecule has 0 bridgehead atoms. The van der Waals surface area contributed by atoms with E-state index < -0.39 is 16.0 Å². The third-order valence-corrected chi connectivity index (χ3v) is 5.03. The van der Waals surface area contributed by atoms with Gasteiger partial charge < -0.3 is 10.0 Å². The Labute approximate surface area is 126 Å². The lowest BCUT2D eigenvalue weighted by Gasteiger charge is -2.20. The molecule has 6 nitrogen and oxygen atoms in total. The lowest BCUT2D eigenvalue weighted by Crippen LogP contribution is -2.33. The van der Waals surface area contributed by atoms with Gasteiger partial charge in [0.15, 0.2) is 0 Å². The molecular weight excluding hydrogens is 292 g/mol. The first-order valence-corrected chi connectivity index (χ1v) is 8.33. The highest BCUT2D eigenvalue weighted by atomic mass is 32.2. The molecule has 0 aromatic heterocycles. The summed E-state index contributed by atoms with van der Waals surface area (Å²) in [4.78, 5) is 12.5. The molecule has 7 heteroatoms. The molecule has 0 saturated carbocycles. The van der Waals surface area contributed by atoms with Crippen LogP contribution < -0.4 is 4.90 Å². The summed E-state index contributed by atoms with van der Waals surface area (Å²) in [5.74, 6) is -1.48. The topological polar surface area (TPSA) is 77.9 Å². The Bertz CT molecular complexity index is 567. The van der Waals surface area contributed by atoms with Crippen molar-refractivity contribution in [3.63, 3.8) is 0 Å². The Morgan fingerprint density at radius 3 is 2.19 bits per heavy atom. The molecule has 0 fully saturated rings. The molecule has 0 amide bonds. The maximum atomic E-state index is 12.1. The number of hydrogen-bond acceptors (Lipinski definition) is 4. The monoisotopic (exact) mass is 314 g/mol. The number of anilines is 1. The number of aliphatic carboxylic acids is 1. The maximum Gasteiger partial charge on any atom is 0.304 e. The molecule has 1 N–H and O–H groups in total. The van der Waals surface area contributed by atoms with Crippen LogP contribution in [0.15, 0.2) is 24.3 Å². The van der Waals surface area contributed by atoms with Crippen LogP contribution >= 0.6 is 0 Å². The van der Waals surface area contributed by atoms with E-state index in [4.69, 9.17) is 5.11 Å². The zero-order valence-electron chi connectivity index (χ0n) is 12.6. The summed E-state index contributed by atoms with van der Waals surface area (Å²) >= 11 is 0. The average molecular weight is 314 g/mol. The largest absolute Gasteiger partial charge is 0.481 e. The molecule has 21 heavy (non-hydrogen) atoms. The van der Waals surface area contributed by atoms with Gasteiger partial charge in [-0.3, -0.25) is 4.79 Å². The summed E-state index contributed by atoms with van der Waals surface area (Å²) in [6.07, 6.45) is -0.377. The maximum absolute atomic E-state index is 12.1. The van der Waals surface area contributed by atoms with Gasteiger partial charge in [-0.1, -0.05) is 19.1 Å². The third kappa shape index (κ3) is 5.35. The minimum atomic E-state index is -3.55. The summed E-state index contributed by atoms with van der Waals surface area (Å²) in [5, 5.41) is 8.62. The lowest BCUT2D eigenvalue weighted by molar-refractivity contribution is -0.136. The predicted octanol–water partition coefficient (Wildman–Crippen LogP) is 1.38. The minimum Gasteiger partial charge on any atom is -0.481 e. The van der Waals surface area contributed by atoms with Gasteiger partial charge in [0.2, 0.25) is 10.0 Å². The highest BCUT2D eigenvalue weighted by Gasteiger charge is 2.21. The fraction of sp³-hybridized carbons (Fsp3) is 0.500. The van der Waals surface area contributed by atoms with Crippen molar-refractivity contribution in [3.05, 3.63) is 29.8 Å². The van der Waals surface area contributed by atoms with Gasteiger partial charge >= 0.3 is 5.97 Å². The number of rotatable bonds is 8. The summed E-state index contributed by atoms with van der Waals surface area (Å²) in [7, 11) is 0.318. The average Bonchev–Trinajstić information content (AvgIpc) is 2.43. The van der Waals surface area contributed by atoms with E-state index in [0.717, 1.165) is 11.3 Å². The van der Waals surface area contributed by atoms with Gasteiger partial charge in [-0.05, 0) is 17.7 Å². The van der Waals surface area contributed by atoms with Gasteiger partial charge in [-0.25, -0.2) is 8.42 Å². The molecule has 0 unspecified atom stereocenters. The van der Waals surface area contributed by atoms with Gasteiger partial charge in [-0.15, -0.1) is 0 Å². The van der Waals surface area contributed by atoms with Crippen molar-refractivity contribution in [2.75, 3.05) is 31.3 Å². The van der Waals surface area contributed by atoms with Crippen molar-refractivity contribution in [2.45, 2.75) is 19.9 Å². The van der Waals surface area contributed by atoms with E-state index in [1.165, 1.54) is 4.31 Å². The van der Waals surface area contributed by atoms with Gasteiger partial charge in [0.25, 0.3) is 0 Å². The second-order valence-corrected chi connectivity index (χ2v) is 7.04. The van der Waals surface area contributed by atoms with Gasteiger partial charge in [0.05, 0.1) is 12.2 Å². The molecule has 0 radical (unpaired) electrons. The van der Waals surface area contributed by atoms with E-state index in [0.29, 0.717) is 6.54 Å². The van der Waals surface area contributed by atoms with Crippen molar-refractivity contribution in [1.29, 1.82) is 0 Å². The summed E-state index contributed by atoms with van der Waals surface area (Å²) in [6.45, 7) is 2.32. The molecule has 1 aromatic carbocycles. The van der Waals surface area contributed by atoms with Crippen LogP contribution in [0.3, 0.4) is 0 Å². The molecule has 118 valence electrons. The fourth-order valence-electron chi connectivity index (χ4n) is 1.86. The first-order valence-electron chi connectivity index (χ1n) is 6.72. The van der Waals surface area contributed by atoms with Crippen LogP contribution in [0.4, 0.5) is 5.69 Å². The van der Waals surface area contributed by atoms with Crippen LogP contribution in [0.1, 0.15) is 18.9 Å². The standard InChI is InChI=1S/C14H22N2O4S/c1-4-16(21(19,20)10-9-14(17)18)11-12-5-7-13(8-6-12)15(2)3/h5-8H,4,9-11H2,1-3H3,(H,17,18). The quantitative estimate of drug-likeness (QED) is 0.784. The summed E-state index contributed by atoms with van der Waals surface area (Å²) < 4.78 is 25.5. The van der Waals surface area contributed by atoms with Crippen molar-refractivity contribution >= 4 is 21.7 Å². The molecule has 0 aliphatic carbocycles. The molecule has 1 aromatic rings. The van der Waals surface area contributed by atoms with Crippen LogP contribution in [0, 0.1) is 0 Å². The van der Waals surface area contributed by atoms with Crippen molar-refractivity contribution in [1.82, 2.24) is 4.31 Å². The second-order valence-electron chi connectivity index (χ2n) is 4.95. The molecule has 1 rings (SSSR count). The Balaban J connectivity index is 2.79. The van der Waals surface area contributed by atoms with E-state index >= 15 is 0 Å². The Hall–Kier alpha value is -1.60. The van der Waals surface area contributed by atoms with Crippen molar-refractivity contribution < 1.29 is 18.3 Å². The smallest absolute Gasteiger partial charge is 0.304 e. The zero-order chi connectivity index (χ0) is 16.0. The van der Waals surface area contributed by atoms with Crippen LogP contribution in [-0.4, -0.2) is 50.2 Å². The number of benzene rings is 1. The normalized spacial score (nSPS) is 11.6. The van der Waals surface area contributed by atoms with E-state index in [1.807, 2.05) is 43.3 Å². The van der Waals surface area contributed by atoms with Crippen LogP contribution in [-0.2, 0) is 21.4 Å². The number of hydrogen-bond donors (Lipinski definition) is 1. The highest BCUT2D eigenvalue weighted by molar-refractivity contribution is 7.89. The molecule has 0 spiro atoms. The molecule has 0 heterocycles. The molecule has 0 saturated heterocycles. The number of carbonyl (C=O) groups is 1. The highest BCUT2D eigenvalue weighted by Crippen LogP contribution is 2.15. The third-order valence-electron chi connectivity index (χ3n) is 3.13. The van der Waals surface area contributed by atoms with Gasteiger partial charge in [0, 0.05) is 32.9 Å². The zero-order valence-corrected chi connectivity index (χ0v) is 13.4. The number of sulfonamides is 1. The number of nitrogens with zero attached hydrogens (tertiary/aromatic N) is 2. The fourth-order valence-corrected chi connectivity index (χ4v) is 3.29. The summed E-state index contributed by atoms with van der Waals surface area (Å²) in [5.41, 5.74) is 1.91. The SMILES string of the molecule is CCN(Cc1ccc(N(C)C)cc1)S(=O)(=O)CCC(=O)O. The molecule has 0 aliphatic heterocycles. The van der Waals surface area contributed by atoms with Crippen LogP contribution in [0.25, 0.3) is 0 Å². The molecule has 0 atom stereocenters. The Morgan fingerprint density at radius 1 is 1.19 bits per heavy atom. The first-order chi connectivity index (χ1) is 9.76. The number of carboxylic acids is 1. The summed E-state index contributed by atoms with van der Waals surface area (Å²) in [6, 6.07) is 7.61. The first kappa shape index (κ1) is 17.5. The molecular formula is C14H22N2O4S. The predicted molar refractivity (Wildman–Crippen MR) is 82.9 cm³/mol. The van der Waals surface area contributed by atoms with Crippen molar-refractivity contribution in [3.8, 4) is 0 Å². The Kier molecular flexibility index (Phi) is 6.17. The van der Waals surface area contributed by atoms with E-state index in [2.05, 4.69) is 0 Å². The van der Waals surface area contributed by atoms with Crippen LogP contribution in [0.5, 0.6) is 0 Å². The van der Waals surface area contributed by atoms with Crippen molar-refractivity contribution in [2.24, 2.45) is 0 Å². The second kappa shape index (κ2) is 7.42. The van der Waals surface area contributed by atoms with Gasteiger partial charge in [0.1, 0.15) is 0 Å². The minimum absolute atomic E-state index is 0.256. The van der Waals surface area contributed by atoms with E-state index in [9.17, 15) is 13.2 Å². The van der Waals surface area contributed by atoms with Crippen LogP contribution in [0.2, 0.25) is 0 Å². The van der Waals surface area contributed by atoms with E-state index in [1.54, 1.807) is 6.92 Å². The van der Waals surface area contributed by atoms with Gasteiger partial charge in [-0.2, -0.15) is 4.31 Å².